The van der Waals surface area contributed by atoms with Gasteiger partial charge in [-0.05, 0) is 313 Å². The van der Waals surface area contributed by atoms with Crippen LogP contribution >= 0.6 is 0 Å². The highest BCUT2D eigenvalue weighted by molar-refractivity contribution is 6.14. The molecule has 2 N–H and O–H groups in total. The standard InChI is InChI=1S/C92H84N6/c1-55-22-15-30-73(44-55)95(75-46-61(7)38-62(8)47-75)85-53-77(97-81-32-17-24-65(11)87(81)88-66(12)25-18-33-82(88)97)51-79(93-71-40-57(3)36-58(4)41-71)91(85)69-28-21-29-70(50-69)92-80(94-72-42-59(5)37-60(6)43-72)52-78(98-83-34-19-26-67(13)89(83)90-68(14)27-20-35-84(90)98)54-86(92)96(74-31-16-23-56(2)45-74)76-48-63(9)39-64(10)49-76/h15-54,93-94H,1-14H3. The summed E-state index contributed by atoms with van der Waals surface area (Å²) in [5.74, 6) is 0. The monoisotopic (exact) mass is 1270 g/mol. The summed E-state index contributed by atoms with van der Waals surface area (Å²) in [5, 5.41) is 13.5. The fourth-order valence-electron chi connectivity index (χ4n) is 15.9. The molecule has 98 heavy (non-hydrogen) atoms. The Labute approximate surface area is 577 Å². The molecule has 2 heterocycles. The lowest BCUT2D eigenvalue weighted by atomic mass is 9.92. The maximum absolute atomic E-state index is 4.21. The molecule has 0 amide bonds. The first-order valence-electron chi connectivity index (χ1n) is 34.4. The molecule has 0 radical (unpaired) electrons. The number of aryl methyl sites for hydroxylation is 14. The van der Waals surface area contributed by atoms with Gasteiger partial charge in [-0.1, -0.05) is 115 Å². The number of aromatic nitrogens is 2. The number of benzene rings is 13. The zero-order chi connectivity index (χ0) is 67.9. The molecule has 0 bridgehead atoms. The van der Waals surface area contributed by atoms with E-state index in [9.17, 15) is 0 Å². The molecule has 13 aromatic carbocycles. The van der Waals surface area contributed by atoms with Crippen LogP contribution in [0.25, 0.3) is 77.2 Å². The van der Waals surface area contributed by atoms with Crippen molar-refractivity contribution in [3.63, 3.8) is 0 Å². The van der Waals surface area contributed by atoms with Crippen molar-refractivity contribution in [1.29, 1.82) is 0 Å². The summed E-state index contributed by atoms with van der Waals surface area (Å²) >= 11 is 0. The average Bonchev–Trinajstić information content (AvgIpc) is 1.50. The van der Waals surface area contributed by atoms with Crippen LogP contribution in [-0.2, 0) is 0 Å². The van der Waals surface area contributed by atoms with Crippen molar-refractivity contribution in [2.45, 2.75) is 96.9 Å². The molecular formula is C92H84N6. The van der Waals surface area contributed by atoms with E-state index >= 15 is 0 Å². The molecule has 0 fully saturated rings. The Kier molecular flexibility index (Phi) is 16.0. The number of anilines is 10. The van der Waals surface area contributed by atoms with Gasteiger partial charge in [0.2, 0.25) is 0 Å². The van der Waals surface area contributed by atoms with Crippen LogP contribution in [0.1, 0.15) is 77.9 Å². The van der Waals surface area contributed by atoms with Crippen LogP contribution in [-0.4, -0.2) is 9.13 Å². The lowest BCUT2D eigenvalue weighted by molar-refractivity contribution is 1.16. The Bertz CT molecular complexity index is 5170. The van der Waals surface area contributed by atoms with Gasteiger partial charge in [0.1, 0.15) is 0 Å². The summed E-state index contributed by atoms with van der Waals surface area (Å²) in [6.45, 7) is 31.1. The predicted octanol–water partition coefficient (Wildman–Crippen LogP) is 26.0. The Morgan fingerprint density at radius 2 is 0.531 bits per heavy atom. The second-order valence-corrected chi connectivity index (χ2v) is 27.9. The lowest BCUT2D eigenvalue weighted by Crippen LogP contribution is -2.14. The number of hydrogen-bond acceptors (Lipinski definition) is 4. The van der Waals surface area contributed by atoms with Crippen LogP contribution in [0.15, 0.2) is 243 Å². The Morgan fingerprint density at radius 1 is 0.245 bits per heavy atom. The molecule has 0 spiro atoms. The van der Waals surface area contributed by atoms with Gasteiger partial charge >= 0.3 is 0 Å². The lowest BCUT2D eigenvalue weighted by Gasteiger charge is -2.32. The van der Waals surface area contributed by atoms with Crippen molar-refractivity contribution in [2.24, 2.45) is 0 Å². The minimum atomic E-state index is 0.967. The van der Waals surface area contributed by atoms with Crippen molar-refractivity contribution >= 4 is 100 Å². The molecular weight excluding hydrogens is 1190 g/mol. The Balaban J connectivity index is 1.10. The molecule has 482 valence electrons. The van der Waals surface area contributed by atoms with Crippen molar-refractivity contribution in [3.05, 3.63) is 321 Å². The highest BCUT2D eigenvalue weighted by Crippen LogP contribution is 2.53. The first-order valence-corrected chi connectivity index (χ1v) is 34.4. The molecule has 0 aliphatic rings. The van der Waals surface area contributed by atoms with Gasteiger partial charge in [-0.15, -0.1) is 0 Å². The van der Waals surface area contributed by atoms with Crippen LogP contribution in [0.5, 0.6) is 0 Å². The molecule has 15 aromatic rings. The largest absolute Gasteiger partial charge is 0.355 e. The maximum Gasteiger partial charge on any atom is 0.0581 e. The second kappa shape index (κ2) is 25.0. The Morgan fingerprint density at radius 3 is 0.847 bits per heavy atom. The summed E-state index contributed by atoms with van der Waals surface area (Å²) in [4.78, 5) is 5.02. The highest BCUT2D eigenvalue weighted by atomic mass is 15.2. The van der Waals surface area contributed by atoms with Crippen LogP contribution in [0.3, 0.4) is 0 Å². The molecule has 6 nitrogen and oxygen atoms in total. The molecule has 0 aliphatic heterocycles. The van der Waals surface area contributed by atoms with E-state index in [1.807, 2.05) is 0 Å². The quantitative estimate of drug-likeness (QED) is 0.114. The summed E-state index contributed by atoms with van der Waals surface area (Å²) in [6.07, 6.45) is 0. The average molecular weight is 1270 g/mol. The maximum atomic E-state index is 4.21. The van der Waals surface area contributed by atoms with Crippen LogP contribution in [0, 0.1) is 96.9 Å². The van der Waals surface area contributed by atoms with Crippen molar-refractivity contribution < 1.29 is 0 Å². The van der Waals surface area contributed by atoms with Crippen LogP contribution < -0.4 is 20.4 Å². The van der Waals surface area contributed by atoms with Crippen LogP contribution in [0.2, 0.25) is 0 Å². The smallest absolute Gasteiger partial charge is 0.0581 e. The van der Waals surface area contributed by atoms with E-state index in [4.69, 9.17) is 0 Å². The first kappa shape index (κ1) is 62.8. The van der Waals surface area contributed by atoms with Gasteiger partial charge in [-0.2, -0.15) is 0 Å². The van der Waals surface area contributed by atoms with Gasteiger partial charge in [0.05, 0.1) is 56.2 Å². The summed E-state index contributed by atoms with van der Waals surface area (Å²) in [6, 6.07) is 91.7. The molecule has 0 unspecified atom stereocenters. The van der Waals surface area contributed by atoms with E-state index in [0.717, 1.165) is 113 Å². The zero-order valence-corrected chi connectivity index (χ0v) is 58.9. The molecule has 0 aliphatic carbocycles. The molecule has 2 aromatic heterocycles. The minimum absolute atomic E-state index is 0.967. The van der Waals surface area contributed by atoms with Gasteiger partial charge in [-0.25, -0.2) is 0 Å². The van der Waals surface area contributed by atoms with E-state index in [0.29, 0.717) is 0 Å². The molecule has 0 atom stereocenters. The van der Waals surface area contributed by atoms with Crippen molar-refractivity contribution in [3.8, 4) is 33.6 Å². The molecule has 0 saturated carbocycles. The Hall–Kier alpha value is -11.3. The van der Waals surface area contributed by atoms with Gasteiger partial charge in [0.15, 0.2) is 0 Å². The van der Waals surface area contributed by atoms with Gasteiger partial charge < -0.3 is 29.6 Å². The summed E-state index contributed by atoms with van der Waals surface area (Å²) in [5.41, 5.74) is 38.0. The number of nitrogens with zero attached hydrogens (tertiary/aromatic N) is 4. The van der Waals surface area contributed by atoms with Gasteiger partial charge in [0, 0.05) is 66.8 Å². The van der Waals surface area contributed by atoms with Gasteiger partial charge in [0.25, 0.3) is 0 Å². The van der Waals surface area contributed by atoms with Gasteiger partial charge in [-0.3, -0.25) is 0 Å². The summed E-state index contributed by atoms with van der Waals surface area (Å²) in [7, 11) is 0. The minimum Gasteiger partial charge on any atom is -0.355 e. The van der Waals surface area contributed by atoms with E-state index in [-0.39, 0.29) is 0 Å². The second-order valence-electron chi connectivity index (χ2n) is 27.9. The van der Waals surface area contributed by atoms with Crippen LogP contribution in [0.4, 0.5) is 56.9 Å². The number of rotatable bonds is 14. The van der Waals surface area contributed by atoms with E-state index in [1.54, 1.807) is 0 Å². The molecule has 15 rings (SSSR count). The molecule has 6 heteroatoms. The fourth-order valence-corrected chi connectivity index (χ4v) is 15.9. The summed E-state index contributed by atoms with van der Waals surface area (Å²) < 4.78 is 5.00. The van der Waals surface area contributed by atoms with E-state index in [1.165, 1.54) is 99.4 Å². The number of nitrogens with one attached hydrogen (secondary N) is 2. The third-order valence-electron chi connectivity index (χ3n) is 19.6. The SMILES string of the molecule is Cc1cc(C)cc(Nc2cc(-n3c4cccc(C)c4c4c(C)cccc43)cc(N(c3cccc(C)c3)c3cc(C)cc(C)c3)c2-c2cccc(-c3c(Nc4cc(C)cc(C)c4)cc(-n4c5cccc(C)c5c5c(C)cccc54)cc3N(c3cccc(C)c3)c3cc(C)cc(C)c3)c2)c1. The van der Waals surface area contributed by atoms with E-state index in [2.05, 4.69) is 369 Å². The zero-order valence-electron chi connectivity index (χ0n) is 58.9. The predicted molar refractivity (Wildman–Crippen MR) is 421 cm³/mol. The van der Waals surface area contributed by atoms with Crippen molar-refractivity contribution in [1.82, 2.24) is 9.13 Å². The number of hydrogen-bond donors (Lipinski definition) is 2. The van der Waals surface area contributed by atoms with E-state index < -0.39 is 0 Å². The normalized spacial score (nSPS) is 11.6. The fraction of sp³-hybridized carbons (Fsp3) is 0.152. The highest BCUT2D eigenvalue weighted by Gasteiger charge is 2.29. The third kappa shape index (κ3) is 11.5. The number of fused-ring (bicyclic) bond motifs is 6. The topological polar surface area (TPSA) is 40.4 Å². The first-order chi connectivity index (χ1) is 47.3. The third-order valence-corrected chi connectivity index (χ3v) is 19.6. The molecule has 0 saturated heterocycles. The van der Waals surface area contributed by atoms with Crippen molar-refractivity contribution in [2.75, 3.05) is 20.4 Å².